The van der Waals surface area contributed by atoms with Gasteiger partial charge in [0.2, 0.25) is 11.7 Å². The molecule has 3 aromatic carbocycles. The highest BCUT2D eigenvalue weighted by Crippen LogP contribution is 2.65. The molecule has 216 valence electrons. The van der Waals surface area contributed by atoms with Crippen molar-refractivity contribution in [2.45, 2.75) is 29.3 Å². The Morgan fingerprint density at radius 2 is 1.51 bits per heavy atom. The predicted octanol–water partition coefficient (Wildman–Crippen LogP) is 8.55. The van der Waals surface area contributed by atoms with E-state index in [-0.39, 0.29) is 21.3 Å². The van der Waals surface area contributed by atoms with Crippen molar-refractivity contribution < 1.29 is 36.3 Å². The van der Waals surface area contributed by atoms with E-state index in [0.717, 1.165) is 6.07 Å². The molecule has 1 amide bonds. The second-order valence-electron chi connectivity index (χ2n) is 9.18. The quantitative estimate of drug-likeness (QED) is 0.148. The number of halogens is 10. The van der Waals surface area contributed by atoms with Crippen LogP contribution in [0.1, 0.15) is 33.0 Å². The van der Waals surface area contributed by atoms with Gasteiger partial charge in [0, 0.05) is 35.6 Å². The van der Waals surface area contributed by atoms with E-state index >= 15 is 0 Å². The second kappa shape index (κ2) is 11.7. The summed E-state index contributed by atoms with van der Waals surface area (Å²) in [7, 11) is 0. The van der Waals surface area contributed by atoms with Crippen molar-refractivity contribution >= 4 is 81.2 Å². The molecule has 0 aliphatic heterocycles. The standard InChI is InChI=1S/C27H15Cl5F5NO3/c28-16-5-3-13(38-25(41)23-22(26(23,31)32)11-1-4-17(29)18(30)7-11)9-14(16)20(39)8-12-2-6-19(33)15(24(12)34)10-21(40)27(35,36)37/h1-7,9,22-23H,8,10H2,(H,38,41)/t22-,23+/m0/s1. The maximum absolute atomic E-state index is 14.9. The molecule has 3 aromatic rings. The van der Waals surface area contributed by atoms with Gasteiger partial charge in [-0.3, -0.25) is 14.4 Å². The normalized spacial score (nSPS) is 17.7. The largest absolute Gasteiger partial charge is 0.450 e. The zero-order valence-corrected chi connectivity index (χ0v) is 24.0. The fourth-order valence-electron chi connectivity index (χ4n) is 4.28. The molecule has 1 N–H and O–H groups in total. The number of carbonyl (C=O) groups excluding carboxylic acids is 3. The maximum Gasteiger partial charge on any atom is 0.450 e. The van der Waals surface area contributed by atoms with Crippen LogP contribution in [0.15, 0.2) is 48.5 Å². The molecule has 4 nitrogen and oxygen atoms in total. The smallest absolute Gasteiger partial charge is 0.326 e. The van der Waals surface area contributed by atoms with Crippen molar-refractivity contribution in [1.29, 1.82) is 0 Å². The lowest BCUT2D eigenvalue weighted by Gasteiger charge is -2.12. The first-order valence-corrected chi connectivity index (χ1v) is 13.4. The highest BCUT2D eigenvalue weighted by atomic mass is 35.5. The average molecular weight is 674 g/mol. The summed E-state index contributed by atoms with van der Waals surface area (Å²) in [5, 5.41) is 3.06. The van der Waals surface area contributed by atoms with Crippen LogP contribution < -0.4 is 5.32 Å². The molecule has 1 saturated carbocycles. The number of amides is 1. The van der Waals surface area contributed by atoms with E-state index in [0.29, 0.717) is 16.7 Å². The van der Waals surface area contributed by atoms with Gasteiger partial charge in [-0.2, -0.15) is 13.2 Å². The van der Waals surface area contributed by atoms with Crippen molar-refractivity contribution in [3.63, 3.8) is 0 Å². The first-order chi connectivity index (χ1) is 19.0. The number of hydrogen-bond acceptors (Lipinski definition) is 3. The molecular formula is C27H15Cl5F5NO3. The van der Waals surface area contributed by atoms with Gasteiger partial charge in [0.15, 0.2) is 5.78 Å². The van der Waals surface area contributed by atoms with Crippen LogP contribution in [0.2, 0.25) is 15.1 Å². The number of carbonyl (C=O) groups is 3. The minimum atomic E-state index is -5.29. The van der Waals surface area contributed by atoms with Gasteiger partial charge in [-0.05, 0) is 47.5 Å². The molecule has 0 bridgehead atoms. The lowest BCUT2D eigenvalue weighted by atomic mass is 9.98. The topological polar surface area (TPSA) is 63.2 Å². The van der Waals surface area contributed by atoms with Gasteiger partial charge in [0.05, 0.1) is 21.0 Å². The molecule has 0 heterocycles. The van der Waals surface area contributed by atoms with Crippen molar-refractivity contribution in [1.82, 2.24) is 0 Å². The molecule has 0 unspecified atom stereocenters. The lowest BCUT2D eigenvalue weighted by Crippen LogP contribution is -2.25. The van der Waals surface area contributed by atoms with Gasteiger partial charge >= 0.3 is 6.18 Å². The number of hydrogen-bond donors (Lipinski definition) is 1. The fourth-order valence-corrected chi connectivity index (χ4v) is 5.64. The third-order valence-electron chi connectivity index (χ3n) is 6.44. The van der Waals surface area contributed by atoms with Gasteiger partial charge in [-0.15, -0.1) is 23.2 Å². The number of rotatable bonds is 8. The molecule has 41 heavy (non-hydrogen) atoms. The molecule has 1 fully saturated rings. The number of benzene rings is 3. The van der Waals surface area contributed by atoms with E-state index in [2.05, 4.69) is 5.32 Å². The molecular weight excluding hydrogens is 659 g/mol. The number of Topliss-reactive ketones (excluding diaryl/α,β-unsaturated/α-hetero) is 2. The van der Waals surface area contributed by atoms with Crippen molar-refractivity contribution in [2.24, 2.45) is 5.92 Å². The van der Waals surface area contributed by atoms with Gasteiger partial charge < -0.3 is 5.32 Å². The molecule has 4 rings (SSSR count). The monoisotopic (exact) mass is 671 g/mol. The summed E-state index contributed by atoms with van der Waals surface area (Å²) in [5.41, 5.74) is -1.04. The second-order valence-corrected chi connectivity index (χ2v) is 11.8. The van der Waals surface area contributed by atoms with Crippen molar-refractivity contribution in [3.05, 3.63) is 97.5 Å². The Morgan fingerprint density at radius 1 is 0.854 bits per heavy atom. The number of ketones is 2. The Balaban J connectivity index is 1.52. The van der Waals surface area contributed by atoms with E-state index in [1.54, 1.807) is 12.1 Å². The van der Waals surface area contributed by atoms with Crippen LogP contribution in [-0.4, -0.2) is 28.0 Å². The Morgan fingerprint density at radius 3 is 2.15 bits per heavy atom. The first-order valence-electron chi connectivity index (χ1n) is 11.5. The SMILES string of the molecule is O=C(Cc1ccc(F)c(CC(=O)C(F)(F)F)c1F)c1cc(NC(=O)[C@H]2[C@H](c3ccc(Cl)c(Cl)c3)C2(Cl)Cl)ccc1Cl. The predicted molar refractivity (Wildman–Crippen MR) is 146 cm³/mol. The van der Waals surface area contributed by atoms with Crippen LogP contribution in [0.5, 0.6) is 0 Å². The minimum absolute atomic E-state index is 0.0767. The number of anilines is 1. The lowest BCUT2D eigenvalue weighted by molar-refractivity contribution is -0.170. The van der Waals surface area contributed by atoms with Crippen LogP contribution in [0.3, 0.4) is 0 Å². The molecule has 1 aliphatic carbocycles. The fraction of sp³-hybridized carbons (Fsp3) is 0.222. The highest BCUT2D eigenvalue weighted by molar-refractivity contribution is 6.53. The molecule has 0 radical (unpaired) electrons. The Hall–Kier alpha value is -2.43. The zero-order chi connectivity index (χ0) is 30.4. The maximum atomic E-state index is 14.9. The average Bonchev–Trinajstić information content (AvgIpc) is 3.47. The van der Waals surface area contributed by atoms with E-state index < -0.39 is 75.4 Å². The van der Waals surface area contributed by atoms with Crippen molar-refractivity contribution in [3.8, 4) is 0 Å². The van der Waals surface area contributed by atoms with E-state index in [1.165, 1.54) is 24.3 Å². The number of alkyl halides is 5. The molecule has 2 atom stereocenters. The molecule has 0 aromatic heterocycles. The zero-order valence-electron chi connectivity index (χ0n) is 20.2. The number of nitrogens with one attached hydrogen (secondary N) is 1. The van der Waals surface area contributed by atoms with E-state index in [4.69, 9.17) is 58.0 Å². The summed E-state index contributed by atoms with van der Waals surface area (Å²) >= 11 is 30.9. The summed E-state index contributed by atoms with van der Waals surface area (Å²) in [5.74, 6) is -8.07. The Bertz CT molecular complexity index is 1580. The first kappa shape index (κ1) is 31.5. The van der Waals surface area contributed by atoms with Crippen LogP contribution in [0.4, 0.5) is 27.6 Å². The van der Waals surface area contributed by atoms with Gasteiger partial charge in [-0.1, -0.05) is 46.9 Å². The van der Waals surface area contributed by atoms with Gasteiger partial charge in [0.1, 0.15) is 16.0 Å². The molecule has 14 heteroatoms. The molecule has 1 aliphatic rings. The van der Waals surface area contributed by atoms with Crippen LogP contribution in [0.25, 0.3) is 0 Å². The molecule has 0 saturated heterocycles. The van der Waals surface area contributed by atoms with Gasteiger partial charge in [0.25, 0.3) is 0 Å². The highest BCUT2D eigenvalue weighted by Gasteiger charge is 2.67. The van der Waals surface area contributed by atoms with Crippen LogP contribution in [0, 0.1) is 17.6 Å². The summed E-state index contributed by atoms with van der Waals surface area (Å²) in [6.07, 6.45) is -7.60. The van der Waals surface area contributed by atoms with Crippen LogP contribution in [-0.2, 0) is 22.4 Å². The minimum Gasteiger partial charge on any atom is -0.326 e. The van der Waals surface area contributed by atoms with Gasteiger partial charge in [-0.25, -0.2) is 8.78 Å². The van der Waals surface area contributed by atoms with Crippen molar-refractivity contribution in [2.75, 3.05) is 5.32 Å². The molecule has 0 spiro atoms. The van der Waals surface area contributed by atoms with E-state index in [9.17, 15) is 36.3 Å². The summed E-state index contributed by atoms with van der Waals surface area (Å²) in [6, 6.07) is 10.1. The third-order valence-corrected chi connectivity index (χ3v) is 8.45. The Kier molecular flexibility index (Phi) is 8.98. The Labute approximate surface area is 254 Å². The van der Waals surface area contributed by atoms with E-state index in [1.807, 2.05) is 0 Å². The summed E-state index contributed by atoms with van der Waals surface area (Å²) < 4.78 is 65.3. The van der Waals surface area contributed by atoms with Crippen LogP contribution >= 0.6 is 58.0 Å². The summed E-state index contributed by atoms with van der Waals surface area (Å²) in [4.78, 5) is 37.3. The summed E-state index contributed by atoms with van der Waals surface area (Å²) in [6.45, 7) is 0. The third kappa shape index (κ3) is 6.65.